The van der Waals surface area contributed by atoms with Gasteiger partial charge in [-0.25, -0.2) is 14.4 Å². The summed E-state index contributed by atoms with van der Waals surface area (Å²) in [6, 6.07) is 0.978. The number of aromatic nitrogens is 1. The van der Waals surface area contributed by atoms with Gasteiger partial charge in [0.1, 0.15) is 11.6 Å². The molecule has 1 heterocycles. The fourth-order valence-corrected chi connectivity index (χ4v) is 2.45. The quantitative estimate of drug-likeness (QED) is 0.557. The average Bonchev–Trinajstić information content (AvgIpc) is 2.54. The van der Waals surface area contributed by atoms with Crippen molar-refractivity contribution in [3.8, 4) is 0 Å². The maximum atomic E-state index is 12.4. The molecule has 1 aromatic heterocycles. The zero-order valence-electron chi connectivity index (χ0n) is 16.2. The Morgan fingerprint density at radius 2 is 1.90 bits per heavy atom. The third-order valence-electron chi connectivity index (χ3n) is 3.67. The number of fused-ring (bicyclic) bond motifs is 1. The number of carbonyl (C=O) groups is 3. The lowest BCUT2D eigenvalue weighted by Crippen LogP contribution is -2.32. The number of nitrogens with one attached hydrogen (secondary N) is 2. The number of hydrogen-bond donors (Lipinski definition) is 4. The van der Waals surface area contributed by atoms with Crippen LogP contribution in [0.25, 0.3) is 10.9 Å². The zero-order valence-corrected chi connectivity index (χ0v) is 16.2. The molecule has 0 aliphatic rings. The SMILES string of the molecule is Cc1c(NC(=O)OC(C)(C)C)ccc2nc(N[C@@H](CC(=O)O)C(=O)O)oc(=O)c12. The van der Waals surface area contributed by atoms with Gasteiger partial charge in [-0.2, -0.15) is 4.98 Å². The van der Waals surface area contributed by atoms with E-state index in [1.54, 1.807) is 27.7 Å². The summed E-state index contributed by atoms with van der Waals surface area (Å²) >= 11 is 0. The molecule has 11 heteroatoms. The summed E-state index contributed by atoms with van der Waals surface area (Å²) in [6.07, 6.45) is -1.44. The van der Waals surface area contributed by atoms with E-state index in [1.165, 1.54) is 12.1 Å². The van der Waals surface area contributed by atoms with Crippen molar-refractivity contribution in [1.29, 1.82) is 0 Å². The lowest BCUT2D eigenvalue weighted by atomic mass is 10.1. The molecule has 0 saturated heterocycles. The van der Waals surface area contributed by atoms with Gasteiger partial charge >= 0.3 is 23.7 Å². The standard InChI is InChI=1S/C18H21N3O8/c1-8-9(21-17(27)29-18(2,3)4)5-6-10-13(8)15(26)28-16(19-10)20-11(14(24)25)7-12(22)23/h5-6,11H,7H2,1-4H3,(H,19,20)(H,21,27)(H,22,23)(H,24,25)/t11-/m0/s1. The van der Waals surface area contributed by atoms with E-state index in [0.717, 1.165) is 0 Å². The Morgan fingerprint density at radius 3 is 2.45 bits per heavy atom. The molecule has 2 rings (SSSR count). The molecule has 0 radical (unpaired) electrons. The molecule has 0 fully saturated rings. The fraction of sp³-hybridized carbons (Fsp3) is 0.389. The van der Waals surface area contributed by atoms with Gasteiger partial charge in [-0.15, -0.1) is 0 Å². The summed E-state index contributed by atoms with van der Waals surface area (Å²) in [4.78, 5) is 50.3. The summed E-state index contributed by atoms with van der Waals surface area (Å²) in [5.74, 6) is -2.79. The molecule has 11 nitrogen and oxygen atoms in total. The molecule has 0 spiro atoms. The molecule has 1 aromatic carbocycles. The minimum Gasteiger partial charge on any atom is -0.481 e. The van der Waals surface area contributed by atoms with E-state index in [2.05, 4.69) is 15.6 Å². The average molecular weight is 407 g/mol. The number of carbonyl (C=O) groups excluding carboxylic acids is 1. The topological polar surface area (TPSA) is 168 Å². The monoisotopic (exact) mass is 407 g/mol. The minimum absolute atomic E-state index is 0.0780. The maximum absolute atomic E-state index is 12.4. The highest BCUT2D eigenvalue weighted by atomic mass is 16.6. The first-order valence-electron chi connectivity index (χ1n) is 8.53. The number of carboxylic acid groups (broad SMARTS) is 2. The third-order valence-corrected chi connectivity index (χ3v) is 3.67. The van der Waals surface area contributed by atoms with Crippen molar-refractivity contribution >= 4 is 40.6 Å². The van der Waals surface area contributed by atoms with Crippen LogP contribution in [-0.2, 0) is 14.3 Å². The molecule has 156 valence electrons. The molecule has 2 aromatic rings. The van der Waals surface area contributed by atoms with Crippen LogP contribution in [-0.4, -0.2) is 44.9 Å². The van der Waals surface area contributed by atoms with Crippen molar-refractivity contribution in [3.63, 3.8) is 0 Å². The lowest BCUT2D eigenvalue weighted by Gasteiger charge is -2.20. The third kappa shape index (κ3) is 5.67. The number of carboxylic acids is 2. The van der Waals surface area contributed by atoms with Gasteiger partial charge in [0.15, 0.2) is 0 Å². The Bertz CT molecular complexity index is 1020. The fourth-order valence-electron chi connectivity index (χ4n) is 2.45. The van der Waals surface area contributed by atoms with Gasteiger partial charge in [-0.05, 0) is 45.4 Å². The number of hydrogen-bond acceptors (Lipinski definition) is 8. The molecular weight excluding hydrogens is 386 g/mol. The molecule has 0 unspecified atom stereocenters. The first-order valence-corrected chi connectivity index (χ1v) is 8.53. The van der Waals surface area contributed by atoms with Gasteiger partial charge in [0.25, 0.3) is 6.01 Å². The summed E-state index contributed by atoms with van der Waals surface area (Å²) in [7, 11) is 0. The molecule has 0 aliphatic carbocycles. The number of aliphatic carboxylic acids is 2. The molecule has 1 atom stereocenters. The van der Waals surface area contributed by atoms with E-state index in [1.807, 2.05) is 0 Å². The second-order valence-electron chi connectivity index (χ2n) is 7.20. The number of anilines is 2. The van der Waals surface area contributed by atoms with Gasteiger partial charge in [-0.1, -0.05) is 0 Å². The van der Waals surface area contributed by atoms with Crippen LogP contribution in [0.3, 0.4) is 0 Å². The normalized spacial score (nSPS) is 12.3. The van der Waals surface area contributed by atoms with E-state index < -0.39 is 47.7 Å². The van der Waals surface area contributed by atoms with Crippen LogP contribution in [0.4, 0.5) is 16.5 Å². The van der Waals surface area contributed by atoms with E-state index >= 15 is 0 Å². The zero-order chi connectivity index (χ0) is 21.9. The van der Waals surface area contributed by atoms with Crippen LogP contribution in [0, 0.1) is 6.92 Å². The molecule has 29 heavy (non-hydrogen) atoms. The molecule has 4 N–H and O–H groups in total. The van der Waals surface area contributed by atoms with Crippen molar-refractivity contribution in [1.82, 2.24) is 4.98 Å². The van der Waals surface area contributed by atoms with E-state index in [4.69, 9.17) is 19.4 Å². The van der Waals surface area contributed by atoms with E-state index in [9.17, 15) is 19.2 Å². The summed E-state index contributed by atoms with van der Waals surface area (Å²) < 4.78 is 10.2. The highest BCUT2D eigenvalue weighted by Gasteiger charge is 2.23. The number of nitrogens with zero attached hydrogens (tertiary/aromatic N) is 1. The van der Waals surface area contributed by atoms with E-state index in [-0.39, 0.29) is 10.9 Å². The number of amides is 1. The van der Waals surface area contributed by atoms with Crippen LogP contribution in [0.1, 0.15) is 32.8 Å². The van der Waals surface area contributed by atoms with Crippen LogP contribution in [0.15, 0.2) is 21.3 Å². The van der Waals surface area contributed by atoms with Gasteiger partial charge in [-0.3, -0.25) is 10.1 Å². The molecule has 0 saturated carbocycles. The van der Waals surface area contributed by atoms with Gasteiger partial charge < -0.3 is 24.7 Å². The van der Waals surface area contributed by atoms with Crippen LogP contribution in [0.2, 0.25) is 0 Å². The number of rotatable bonds is 6. The minimum atomic E-state index is -1.53. The second-order valence-corrected chi connectivity index (χ2v) is 7.20. The molecular formula is C18H21N3O8. The predicted octanol–water partition coefficient (Wildman–Crippen LogP) is 2.18. The van der Waals surface area contributed by atoms with Gasteiger partial charge in [0.05, 0.1) is 17.3 Å². The predicted molar refractivity (Wildman–Crippen MR) is 102 cm³/mol. The Kier molecular flexibility index (Phi) is 6.10. The van der Waals surface area contributed by atoms with Crippen LogP contribution >= 0.6 is 0 Å². The van der Waals surface area contributed by atoms with Crippen molar-refractivity contribution in [2.24, 2.45) is 0 Å². The Balaban J connectivity index is 2.36. The van der Waals surface area contributed by atoms with Crippen LogP contribution < -0.4 is 16.3 Å². The summed E-state index contributed by atoms with van der Waals surface area (Å²) in [6.45, 7) is 6.70. The largest absolute Gasteiger partial charge is 0.481 e. The van der Waals surface area contributed by atoms with E-state index in [0.29, 0.717) is 11.3 Å². The summed E-state index contributed by atoms with van der Waals surface area (Å²) in [5.41, 5.74) is -0.665. The number of benzene rings is 1. The van der Waals surface area contributed by atoms with Crippen LogP contribution in [0.5, 0.6) is 0 Å². The molecule has 0 bridgehead atoms. The van der Waals surface area contributed by atoms with Gasteiger partial charge in [0.2, 0.25) is 0 Å². The van der Waals surface area contributed by atoms with Crippen molar-refractivity contribution in [2.75, 3.05) is 10.6 Å². The van der Waals surface area contributed by atoms with Crippen molar-refractivity contribution < 1.29 is 33.8 Å². The smallest absolute Gasteiger partial charge is 0.412 e. The summed E-state index contributed by atoms with van der Waals surface area (Å²) in [5, 5.41) is 22.8. The second kappa shape index (κ2) is 8.17. The first kappa shape index (κ1) is 21.7. The van der Waals surface area contributed by atoms with Crippen molar-refractivity contribution in [3.05, 3.63) is 28.1 Å². The number of ether oxygens (including phenoxy) is 1. The maximum Gasteiger partial charge on any atom is 0.412 e. The van der Waals surface area contributed by atoms with Crippen molar-refractivity contribution in [2.45, 2.75) is 45.8 Å². The Hall–Kier alpha value is -3.63. The Morgan fingerprint density at radius 1 is 1.24 bits per heavy atom. The highest BCUT2D eigenvalue weighted by molar-refractivity contribution is 5.93. The lowest BCUT2D eigenvalue weighted by molar-refractivity contribution is -0.144. The Labute approximate surface area is 164 Å². The molecule has 0 aliphatic heterocycles. The highest BCUT2D eigenvalue weighted by Crippen LogP contribution is 2.24. The molecule has 1 amide bonds. The van der Waals surface area contributed by atoms with Gasteiger partial charge in [0, 0.05) is 5.69 Å². The number of aryl methyl sites for hydroxylation is 1. The first-order chi connectivity index (χ1) is 13.4.